The largest absolute Gasteiger partial charge is 0.478 e. The quantitative estimate of drug-likeness (QED) is 0.561. The van der Waals surface area contributed by atoms with Gasteiger partial charge in [0.2, 0.25) is 0 Å². The summed E-state index contributed by atoms with van der Waals surface area (Å²) in [7, 11) is 0. The molecule has 6 nitrogen and oxygen atoms in total. The maximum absolute atomic E-state index is 12.7. The van der Waals surface area contributed by atoms with Crippen molar-refractivity contribution in [3.05, 3.63) is 47.8 Å². The van der Waals surface area contributed by atoms with Crippen molar-refractivity contribution in [2.45, 2.75) is 19.3 Å². The van der Waals surface area contributed by atoms with Crippen LogP contribution in [-0.2, 0) is 9.59 Å². The van der Waals surface area contributed by atoms with Crippen molar-refractivity contribution in [3.8, 4) is 0 Å². The summed E-state index contributed by atoms with van der Waals surface area (Å²) in [5.41, 5.74) is 0.618. The molecule has 1 saturated heterocycles. The number of halogens is 1. The van der Waals surface area contributed by atoms with Gasteiger partial charge in [-0.1, -0.05) is 0 Å². The van der Waals surface area contributed by atoms with Crippen LogP contribution in [0.1, 0.15) is 29.6 Å². The third kappa shape index (κ3) is 8.19. The fourth-order valence-electron chi connectivity index (χ4n) is 2.26. The highest BCUT2D eigenvalue weighted by molar-refractivity contribution is 5.96. The Morgan fingerprint density at radius 3 is 2.17 bits per heavy atom. The van der Waals surface area contributed by atoms with Crippen molar-refractivity contribution >= 4 is 17.7 Å². The van der Waals surface area contributed by atoms with Crippen molar-refractivity contribution in [2.75, 3.05) is 13.1 Å². The summed E-state index contributed by atoms with van der Waals surface area (Å²) in [6, 6.07) is 5.81. The van der Waals surface area contributed by atoms with Gasteiger partial charge in [-0.05, 0) is 56.1 Å². The Hall–Kier alpha value is -2.54. The Labute approximate surface area is 139 Å². The first-order chi connectivity index (χ1) is 11.4. The number of carboxylic acids is 2. The standard InChI is InChI=1S/C13H16FNO.C4H4O4/c14-12-5-3-11(4-6-12)13(16)8-10-2-1-7-15-9-10;5-3(6)1-2-4(7)8/h3-6,10,15H,1-2,7-9H2;1-2H,(H,5,6)(H,7,8)/b;2-1-. The fourth-order valence-corrected chi connectivity index (χ4v) is 2.26. The molecule has 1 aliphatic heterocycles. The number of Topliss-reactive ketones (excluding diaryl/α,β-unsaturated/α-hetero) is 1. The van der Waals surface area contributed by atoms with E-state index in [0.717, 1.165) is 25.9 Å². The third-order valence-electron chi connectivity index (χ3n) is 3.41. The van der Waals surface area contributed by atoms with Crippen LogP contribution in [0, 0.1) is 11.7 Å². The van der Waals surface area contributed by atoms with Crippen molar-refractivity contribution in [1.82, 2.24) is 5.32 Å². The second-order valence-corrected chi connectivity index (χ2v) is 5.36. The van der Waals surface area contributed by atoms with Gasteiger partial charge in [-0.25, -0.2) is 14.0 Å². The zero-order chi connectivity index (χ0) is 17.9. The van der Waals surface area contributed by atoms with Crippen LogP contribution in [0.4, 0.5) is 4.39 Å². The highest BCUT2D eigenvalue weighted by Crippen LogP contribution is 2.17. The van der Waals surface area contributed by atoms with Crippen molar-refractivity contribution in [3.63, 3.8) is 0 Å². The summed E-state index contributed by atoms with van der Waals surface area (Å²) < 4.78 is 12.7. The molecule has 0 radical (unpaired) electrons. The number of benzene rings is 1. The molecule has 0 spiro atoms. The van der Waals surface area contributed by atoms with Crippen LogP contribution >= 0.6 is 0 Å². The maximum atomic E-state index is 12.7. The first kappa shape index (κ1) is 19.5. The van der Waals surface area contributed by atoms with Crippen LogP contribution in [-0.4, -0.2) is 41.0 Å². The maximum Gasteiger partial charge on any atom is 0.328 e. The molecule has 130 valence electrons. The number of nitrogens with one attached hydrogen (secondary N) is 1. The number of carbonyl (C=O) groups is 3. The van der Waals surface area contributed by atoms with Gasteiger partial charge < -0.3 is 15.5 Å². The minimum absolute atomic E-state index is 0.119. The van der Waals surface area contributed by atoms with E-state index in [9.17, 15) is 18.8 Å². The molecule has 3 N–H and O–H groups in total. The van der Waals surface area contributed by atoms with Crippen LogP contribution in [0.2, 0.25) is 0 Å². The lowest BCUT2D eigenvalue weighted by Gasteiger charge is -2.21. The van der Waals surface area contributed by atoms with E-state index in [4.69, 9.17) is 10.2 Å². The molecule has 24 heavy (non-hydrogen) atoms. The van der Waals surface area contributed by atoms with E-state index in [-0.39, 0.29) is 11.6 Å². The second-order valence-electron chi connectivity index (χ2n) is 5.36. The van der Waals surface area contributed by atoms with E-state index >= 15 is 0 Å². The van der Waals surface area contributed by atoms with Gasteiger partial charge in [-0.15, -0.1) is 0 Å². The molecule has 0 aliphatic carbocycles. The molecule has 1 atom stereocenters. The van der Waals surface area contributed by atoms with Gasteiger partial charge in [-0.3, -0.25) is 4.79 Å². The molecule has 1 fully saturated rings. The third-order valence-corrected chi connectivity index (χ3v) is 3.41. The molecule has 7 heteroatoms. The number of hydrogen-bond donors (Lipinski definition) is 3. The van der Waals surface area contributed by atoms with E-state index < -0.39 is 11.9 Å². The van der Waals surface area contributed by atoms with E-state index in [2.05, 4.69) is 5.32 Å². The Morgan fingerprint density at radius 1 is 1.12 bits per heavy atom. The normalized spacial score (nSPS) is 17.0. The number of aliphatic carboxylic acids is 2. The average molecular weight is 337 g/mol. The van der Waals surface area contributed by atoms with Crippen molar-refractivity contribution in [2.24, 2.45) is 5.92 Å². The predicted octanol–water partition coefficient (Wildman–Crippen LogP) is 2.11. The SMILES string of the molecule is O=C(CC1CCCNC1)c1ccc(F)cc1.O=C(O)/C=C\C(=O)O. The van der Waals surface area contributed by atoms with Crippen LogP contribution < -0.4 is 5.32 Å². The number of hydrogen-bond acceptors (Lipinski definition) is 4. The Bertz CT molecular complexity index is 576. The van der Waals surface area contributed by atoms with E-state index in [1.165, 1.54) is 12.1 Å². The van der Waals surface area contributed by atoms with Crippen LogP contribution in [0.3, 0.4) is 0 Å². The van der Waals surface area contributed by atoms with E-state index in [1.807, 2.05) is 0 Å². The first-order valence-corrected chi connectivity index (χ1v) is 7.52. The zero-order valence-electron chi connectivity index (χ0n) is 13.1. The van der Waals surface area contributed by atoms with Crippen LogP contribution in [0.5, 0.6) is 0 Å². The summed E-state index contributed by atoms with van der Waals surface area (Å²) in [6.45, 7) is 1.98. The first-order valence-electron chi connectivity index (χ1n) is 7.52. The molecule has 0 bridgehead atoms. The van der Waals surface area contributed by atoms with E-state index in [1.54, 1.807) is 12.1 Å². The van der Waals surface area contributed by atoms with Crippen LogP contribution in [0.15, 0.2) is 36.4 Å². The minimum Gasteiger partial charge on any atom is -0.478 e. The van der Waals surface area contributed by atoms with Gasteiger partial charge in [0.25, 0.3) is 0 Å². The topological polar surface area (TPSA) is 104 Å². The lowest BCUT2D eigenvalue weighted by atomic mass is 9.92. The summed E-state index contributed by atoms with van der Waals surface area (Å²) in [6.07, 6.45) is 3.94. The number of rotatable bonds is 5. The molecule has 0 amide bonds. The van der Waals surface area contributed by atoms with Crippen molar-refractivity contribution < 1.29 is 29.0 Å². The molecule has 1 heterocycles. The summed E-state index contributed by atoms with van der Waals surface area (Å²) in [5, 5.41) is 18.9. The molecule has 1 aliphatic rings. The van der Waals surface area contributed by atoms with Gasteiger partial charge in [-0.2, -0.15) is 0 Å². The molecule has 1 aromatic rings. The molecular weight excluding hydrogens is 317 g/mol. The fraction of sp³-hybridized carbons (Fsp3) is 0.353. The average Bonchev–Trinajstić information content (AvgIpc) is 2.55. The molecule has 0 aromatic heterocycles. The van der Waals surface area contributed by atoms with Crippen LogP contribution in [0.25, 0.3) is 0 Å². The van der Waals surface area contributed by atoms with Gasteiger partial charge in [0.1, 0.15) is 5.82 Å². The number of piperidine rings is 1. The number of carbonyl (C=O) groups excluding carboxylic acids is 1. The molecular formula is C17H20FNO5. The van der Waals surface area contributed by atoms with E-state index in [0.29, 0.717) is 30.1 Å². The predicted molar refractivity (Wildman–Crippen MR) is 85.4 cm³/mol. The number of ketones is 1. The molecule has 2 rings (SSSR count). The monoisotopic (exact) mass is 337 g/mol. The highest BCUT2D eigenvalue weighted by Gasteiger charge is 2.17. The molecule has 1 unspecified atom stereocenters. The molecule has 1 aromatic carbocycles. The van der Waals surface area contributed by atoms with Gasteiger partial charge in [0.15, 0.2) is 5.78 Å². The Morgan fingerprint density at radius 2 is 1.71 bits per heavy atom. The molecule has 0 saturated carbocycles. The van der Waals surface area contributed by atoms with Gasteiger partial charge >= 0.3 is 11.9 Å². The summed E-state index contributed by atoms with van der Waals surface area (Å²) in [4.78, 5) is 31.0. The minimum atomic E-state index is -1.26. The zero-order valence-corrected chi connectivity index (χ0v) is 13.1. The van der Waals surface area contributed by atoms with Gasteiger partial charge in [0.05, 0.1) is 0 Å². The highest BCUT2D eigenvalue weighted by atomic mass is 19.1. The second kappa shape index (κ2) is 10.3. The lowest BCUT2D eigenvalue weighted by molar-refractivity contribution is -0.134. The summed E-state index contributed by atoms with van der Waals surface area (Å²) >= 11 is 0. The number of carboxylic acid groups (broad SMARTS) is 2. The smallest absolute Gasteiger partial charge is 0.328 e. The van der Waals surface area contributed by atoms with Gasteiger partial charge in [0, 0.05) is 24.1 Å². The Balaban J connectivity index is 0.000000307. The lowest BCUT2D eigenvalue weighted by Crippen LogP contribution is -2.31. The Kier molecular flexibility index (Phi) is 8.35. The van der Waals surface area contributed by atoms with Crippen molar-refractivity contribution in [1.29, 1.82) is 0 Å². The summed E-state index contributed by atoms with van der Waals surface area (Å²) in [5.74, 6) is -2.25.